The van der Waals surface area contributed by atoms with Crippen molar-refractivity contribution in [3.8, 4) is 5.75 Å². The second-order valence-electron chi connectivity index (χ2n) is 5.77. The van der Waals surface area contributed by atoms with E-state index in [1.165, 1.54) is 6.07 Å². The maximum absolute atomic E-state index is 13.6. The van der Waals surface area contributed by atoms with E-state index in [0.717, 1.165) is 5.75 Å². The first kappa shape index (κ1) is 19.2. The van der Waals surface area contributed by atoms with E-state index in [2.05, 4.69) is 5.32 Å². The van der Waals surface area contributed by atoms with Crippen molar-refractivity contribution >= 4 is 17.5 Å². The third-order valence-corrected chi connectivity index (χ3v) is 4.23. The molecular formula is C19H22ClFN2O2. The minimum Gasteiger partial charge on any atom is -0.492 e. The van der Waals surface area contributed by atoms with Gasteiger partial charge in [-0.05, 0) is 44.3 Å². The lowest BCUT2D eigenvalue weighted by molar-refractivity contribution is -0.125. The fraction of sp³-hybridized carbons (Fsp3) is 0.316. The summed E-state index contributed by atoms with van der Waals surface area (Å²) in [6.07, 6.45) is 0. The Bertz CT molecular complexity index is 694. The van der Waals surface area contributed by atoms with Gasteiger partial charge in [0.25, 0.3) is 0 Å². The average Bonchev–Trinajstić information content (AvgIpc) is 2.61. The van der Waals surface area contributed by atoms with E-state index < -0.39 is 0 Å². The minimum absolute atomic E-state index is 0.155. The number of carbonyl (C=O) groups is 1. The van der Waals surface area contributed by atoms with E-state index in [4.69, 9.17) is 16.3 Å². The Kier molecular flexibility index (Phi) is 7.22. The van der Waals surface area contributed by atoms with Crippen molar-refractivity contribution < 1.29 is 13.9 Å². The third-order valence-electron chi connectivity index (χ3n) is 3.98. The molecule has 1 N–H and O–H groups in total. The van der Waals surface area contributed by atoms with Crippen LogP contribution in [0.3, 0.4) is 0 Å². The van der Waals surface area contributed by atoms with Crippen molar-refractivity contribution in [2.45, 2.75) is 19.5 Å². The Balaban J connectivity index is 1.74. The molecule has 0 spiro atoms. The summed E-state index contributed by atoms with van der Waals surface area (Å²) >= 11 is 5.82. The highest BCUT2D eigenvalue weighted by molar-refractivity contribution is 6.30. The molecule has 0 aliphatic carbocycles. The lowest BCUT2D eigenvalue weighted by Gasteiger charge is -2.24. The summed E-state index contributed by atoms with van der Waals surface area (Å²) in [7, 11) is 1.85. The summed E-state index contributed by atoms with van der Waals surface area (Å²) in [5, 5.41) is 3.42. The second kappa shape index (κ2) is 9.39. The highest BCUT2D eigenvalue weighted by Gasteiger charge is 2.18. The number of rotatable bonds is 8. The maximum atomic E-state index is 13.6. The molecule has 4 nitrogen and oxygen atoms in total. The number of carbonyl (C=O) groups excluding carboxylic acids is 1. The van der Waals surface area contributed by atoms with Crippen molar-refractivity contribution in [2.24, 2.45) is 0 Å². The number of likely N-dealkylation sites (N-methyl/N-ethyl adjacent to an activating group) is 1. The quantitative estimate of drug-likeness (QED) is 0.779. The molecule has 2 aromatic rings. The predicted molar refractivity (Wildman–Crippen MR) is 97.3 cm³/mol. The monoisotopic (exact) mass is 364 g/mol. The van der Waals surface area contributed by atoms with Gasteiger partial charge in [0.2, 0.25) is 5.91 Å². The molecular weight excluding hydrogens is 343 g/mol. The van der Waals surface area contributed by atoms with E-state index in [9.17, 15) is 9.18 Å². The number of ether oxygens (including phenoxy) is 1. The molecule has 0 radical (unpaired) electrons. The smallest absolute Gasteiger partial charge is 0.237 e. The van der Waals surface area contributed by atoms with Gasteiger partial charge < -0.3 is 10.1 Å². The van der Waals surface area contributed by atoms with Crippen molar-refractivity contribution in [1.82, 2.24) is 10.2 Å². The number of nitrogens with zero attached hydrogens (tertiary/aromatic N) is 1. The van der Waals surface area contributed by atoms with Crippen molar-refractivity contribution in [3.63, 3.8) is 0 Å². The van der Waals surface area contributed by atoms with Crippen LogP contribution in [0.4, 0.5) is 4.39 Å². The van der Waals surface area contributed by atoms with Gasteiger partial charge in [0, 0.05) is 23.7 Å². The fourth-order valence-corrected chi connectivity index (χ4v) is 2.33. The first-order valence-electron chi connectivity index (χ1n) is 8.07. The molecule has 1 atom stereocenters. The zero-order chi connectivity index (χ0) is 18.2. The number of benzene rings is 2. The van der Waals surface area contributed by atoms with Crippen LogP contribution >= 0.6 is 11.6 Å². The van der Waals surface area contributed by atoms with E-state index in [1.54, 1.807) is 49.4 Å². The van der Waals surface area contributed by atoms with Gasteiger partial charge in [-0.15, -0.1) is 0 Å². The first-order chi connectivity index (χ1) is 12.0. The highest BCUT2D eigenvalue weighted by atomic mass is 35.5. The van der Waals surface area contributed by atoms with E-state index in [0.29, 0.717) is 23.7 Å². The summed E-state index contributed by atoms with van der Waals surface area (Å²) in [6.45, 7) is 3.00. The van der Waals surface area contributed by atoms with Gasteiger partial charge in [-0.1, -0.05) is 29.8 Å². The molecule has 0 bridgehead atoms. The summed E-state index contributed by atoms with van der Waals surface area (Å²) < 4.78 is 19.2. The first-order valence-corrected chi connectivity index (χ1v) is 8.45. The van der Waals surface area contributed by atoms with Crippen LogP contribution in [0.1, 0.15) is 12.5 Å². The van der Waals surface area contributed by atoms with Gasteiger partial charge in [0.1, 0.15) is 18.2 Å². The Morgan fingerprint density at radius 1 is 1.24 bits per heavy atom. The van der Waals surface area contributed by atoms with Crippen LogP contribution in [0.15, 0.2) is 48.5 Å². The van der Waals surface area contributed by atoms with E-state index in [1.807, 2.05) is 11.9 Å². The lowest BCUT2D eigenvalue weighted by atomic mass is 10.2. The van der Waals surface area contributed by atoms with Crippen LogP contribution < -0.4 is 10.1 Å². The molecule has 2 rings (SSSR count). The summed E-state index contributed by atoms with van der Waals surface area (Å²) in [5.74, 6) is 0.256. The Labute approximate surface area is 152 Å². The van der Waals surface area contributed by atoms with Crippen molar-refractivity contribution in [1.29, 1.82) is 0 Å². The molecule has 0 aromatic heterocycles. The zero-order valence-corrected chi connectivity index (χ0v) is 15.1. The average molecular weight is 365 g/mol. The topological polar surface area (TPSA) is 41.6 Å². The molecule has 0 aliphatic rings. The molecule has 2 aromatic carbocycles. The van der Waals surface area contributed by atoms with Gasteiger partial charge in [-0.25, -0.2) is 4.39 Å². The largest absolute Gasteiger partial charge is 0.492 e. The van der Waals surface area contributed by atoms with Crippen LogP contribution in [0.5, 0.6) is 5.75 Å². The van der Waals surface area contributed by atoms with E-state index >= 15 is 0 Å². The van der Waals surface area contributed by atoms with Gasteiger partial charge in [0.05, 0.1) is 6.04 Å². The lowest BCUT2D eigenvalue weighted by Crippen LogP contribution is -2.44. The SMILES string of the molecule is CC(C(=O)NCc1ccccc1F)N(C)CCOc1ccc(Cl)cc1. The molecule has 1 unspecified atom stereocenters. The minimum atomic E-state index is -0.347. The van der Waals surface area contributed by atoms with Gasteiger partial charge >= 0.3 is 0 Å². The van der Waals surface area contributed by atoms with Crippen LogP contribution in [0.2, 0.25) is 5.02 Å². The van der Waals surface area contributed by atoms with Gasteiger partial charge in [0.15, 0.2) is 0 Å². The van der Waals surface area contributed by atoms with Crippen LogP contribution in [0.25, 0.3) is 0 Å². The number of amides is 1. The molecule has 0 aliphatic heterocycles. The van der Waals surface area contributed by atoms with Crippen LogP contribution in [0, 0.1) is 5.82 Å². The Morgan fingerprint density at radius 3 is 2.60 bits per heavy atom. The second-order valence-corrected chi connectivity index (χ2v) is 6.20. The maximum Gasteiger partial charge on any atom is 0.237 e. The molecule has 0 heterocycles. The normalized spacial score (nSPS) is 12.0. The molecule has 134 valence electrons. The van der Waals surface area contributed by atoms with Gasteiger partial charge in [-0.2, -0.15) is 0 Å². The van der Waals surface area contributed by atoms with Crippen LogP contribution in [-0.4, -0.2) is 37.0 Å². The fourth-order valence-electron chi connectivity index (χ4n) is 2.20. The molecule has 25 heavy (non-hydrogen) atoms. The van der Waals surface area contributed by atoms with Crippen molar-refractivity contribution in [3.05, 3.63) is 64.9 Å². The van der Waals surface area contributed by atoms with E-state index in [-0.39, 0.29) is 24.3 Å². The predicted octanol–water partition coefficient (Wildman–Crippen LogP) is 3.49. The molecule has 0 saturated carbocycles. The molecule has 1 amide bonds. The number of halogens is 2. The number of hydrogen-bond acceptors (Lipinski definition) is 3. The Morgan fingerprint density at radius 2 is 1.92 bits per heavy atom. The third kappa shape index (κ3) is 6.03. The Hall–Kier alpha value is -2.11. The zero-order valence-electron chi connectivity index (χ0n) is 14.3. The van der Waals surface area contributed by atoms with Gasteiger partial charge in [-0.3, -0.25) is 9.69 Å². The summed E-state index contributed by atoms with van der Waals surface area (Å²) in [4.78, 5) is 14.1. The number of nitrogens with one attached hydrogen (secondary N) is 1. The van der Waals surface area contributed by atoms with Crippen LogP contribution in [-0.2, 0) is 11.3 Å². The summed E-state index contributed by atoms with van der Waals surface area (Å²) in [6, 6.07) is 13.2. The molecule has 0 fully saturated rings. The number of hydrogen-bond donors (Lipinski definition) is 1. The molecule has 0 saturated heterocycles. The molecule has 6 heteroatoms. The highest BCUT2D eigenvalue weighted by Crippen LogP contribution is 2.15. The van der Waals surface area contributed by atoms with Crippen molar-refractivity contribution in [2.75, 3.05) is 20.2 Å². The standard InChI is InChI=1S/C19H22ClFN2O2/c1-14(19(24)22-13-15-5-3-4-6-18(15)21)23(2)11-12-25-17-9-7-16(20)8-10-17/h3-10,14H,11-13H2,1-2H3,(H,22,24). The summed E-state index contributed by atoms with van der Waals surface area (Å²) in [5.41, 5.74) is 0.469.